The van der Waals surface area contributed by atoms with Crippen molar-refractivity contribution in [1.82, 2.24) is 9.62 Å². The van der Waals surface area contributed by atoms with Gasteiger partial charge in [-0.3, -0.25) is 9.10 Å². The molecular formula is C21H29FN2O7S. The van der Waals surface area contributed by atoms with Crippen molar-refractivity contribution in [2.45, 2.75) is 76.2 Å². The van der Waals surface area contributed by atoms with Gasteiger partial charge in [-0.2, -0.15) is 0 Å². The Kier molecular flexibility index (Phi) is 7.18. The van der Waals surface area contributed by atoms with Crippen molar-refractivity contribution < 1.29 is 38.8 Å². The Morgan fingerprint density at radius 2 is 1.84 bits per heavy atom. The third-order valence-corrected chi connectivity index (χ3v) is 6.18. The first-order chi connectivity index (χ1) is 14.4. The fourth-order valence-electron chi connectivity index (χ4n) is 3.02. The smallest absolute Gasteiger partial charge is 0.408 e. The number of alkyl carbamates (subject to hydrolysis) is 1. The van der Waals surface area contributed by atoms with Gasteiger partial charge in [0.1, 0.15) is 22.7 Å². The Bertz CT molecular complexity index is 908. The third kappa shape index (κ3) is 5.90. The van der Waals surface area contributed by atoms with E-state index in [1.807, 2.05) is 0 Å². The Morgan fingerprint density at radius 3 is 2.28 bits per heavy atom. The number of halogens is 1. The number of carboxylic acid groups (broad SMARTS) is 1. The van der Waals surface area contributed by atoms with Crippen LogP contribution in [0.4, 0.5) is 9.18 Å². The van der Waals surface area contributed by atoms with Gasteiger partial charge in [0, 0.05) is 17.5 Å². The summed E-state index contributed by atoms with van der Waals surface area (Å²) in [7, 11) is 0. The lowest BCUT2D eigenvalue weighted by Crippen LogP contribution is -2.47. The molecule has 4 N–H and O–H groups in total. The van der Waals surface area contributed by atoms with E-state index in [1.165, 1.54) is 16.4 Å². The highest BCUT2D eigenvalue weighted by Crippen LogP contribution is 2.50. The number of ether oxygens (including phenoxy) is 1. The van der Waals surface area contributed by atoms with Crippen molar-refractivity contribution in [3.63, 3.8) is 0 Å². The molecule has 1 aromatic rings. The molecule has 0 bridgehead atoms. The number of aliphatic carboxylic acids is 1. The number of nitrogens with zero attached hydrogens (tertiary/aromatic N) is 1. The quantitative estimate of drug-likeness (QED) is 0.379. The van der Waals surface area contributed by atoms with E-state index in [0.29, 0.717) is 0 Å². The number of carboxylic acids is 1. The van der Waals surface area contributed by atoms with Crippen LogP contribution in [-0.4, -0.2) is 60.6 Å². The van der Waals surface area contributed by atoms with Gasteiger partial charge in [0.05, 0.1) is 0 Å². The van der Waals surface area contributed by atoms with Crippen molar-refractivity contribution in [2.75, 3.05) is 0 Å². The fourth-order valence-corrected chi connectivity index (χ4v) is 4.33. The van der Waals surface area contributed by atoms with Crippen molar-refractivity contribution in [3.8, 4) is 0 Å². The molecule has 0 saturated carbocycles. The molecular weight excluding hydrogens is 443 g/mol. The zero-order valence-electron chi connectivity index (χ0n) is 18.8. The van der Waals surface area contributed by atoms with E-state index in [2.05, 4.69) is 5.32 Å². The summed E-state index contributed by atoms with van der Waals surface area (Å²) in [4.78, 5) is 35.9. The molecule has 2 atom stereocenters. The van der Waals surface area contributed by atoms with Crippen LogP contribution in [-0.2, 0) is 20.7 Å². The molecule has 1 heterocycles. The van der Waals surface area contributed by atoms with Crippen molar-refractivity contribution in [1.29, 1.82) is 0 Å². The van der Waals surface area contributed by atoms with Gasteiger partial charge in [-0.1, -0.05) is 12.1 Å². The average Bonchev–Trinajstić information content (AvgIpc) is 2.83. The summed E-state index contributed by atoms with van der Waals surface area (Å²) >= 11 is 0.814. The van der Waals surface area contributed by atoms with Crippen molar-refractivity contribution >= 4 is 29.9 Å². The normalized spacial score (nSPS) is 19.6. The Hall–Kier alpha value is -2.37. The molecule has 0 radical (unpaired) electrons. The van der Waals surface area contributed by atoms with Crippen LogP contribution < -0.4 is 5.32 Å². The maximum absolute atomic E-state index is 14.9. The van der Waals surface area contributed by atoms with Crippen LogP contribution >= 0.6 is 11.9 Å². The van der Waals surface area contributed by atoms with Crippen LogP contribution in [0.15, 0.2) is 18.2 Å². The molecule has 0 aromatic heterocycles. The van der Waals surface area contributed by atoms with E-state index in [9.17, 15) is 34.1 Å². The molecule has 0 aliphatic carbocycles. The molecule has 2 amide bonds. The van der Waals surface area contributed by atoms with Gasteiger partial charge in [0.15, 0.2) is 0 Å². The van der Waals surface area contributed by atoms with E-state index >= 15 is 0 Å². The van der Waals surface area contributed by atoms with Gasteiger partial charge in [0.2, 0.25) is 0 Å². The summed E-state index contributed by atoms with van der Waals surface area (Å²) < 4.78 is 21.2. The molecule has 1 fully saturated rings. The summed E-state index contributed by atoms with van der Waals surface area (Å²) in [5.41, 5.74) is -1.42. The van der Waals surface area contributed by atoms with E-state index in [-0.39, 0.29) is 17.5 Å². The second kappa shape index (κ2) is 8.87. The number of hydrogen-bond acceptors (Lipinski definition) is 7. The van der Waals surface area contributed by atoms with Crippen LogP contribution in [0.1, 0.15) is 57.9 Å². The zero-order valence-corrected chi connectivity index (χ0v) is 19.6. The van der Waals surface area contributed by atoms with Gasteiger partial charge in [-0.05, 0) is 65.1 Å². The zero-order chi connectivity index (χ0) is 24.6. The van der Waals surface area contributed by atoms with Crippen molar-refractivity contribution in [2.24, 2.45) is 0 Å². The molecule has 2 rings (SSSR count). The maximum Gasteiger partial charge on any atom is 0.408 e. The molecule has 0 spiro atoms. The minimum Gasteiger partial charge on any atom is -0.480 e. The molecule has 1 unspecified atom stereocenters. The van der Waals surface area contributed by atoms with E-state index in [4.69, 9.17) is 4.74 Å². The predicted molar refractivity (Wildman–Crippen MR) is 115 cm³/mol. The molecule has 1 aliphatic rings. The lowest BCUT2D eigenvalue weighted by Gasteiger charge is -2.30. The summed E-state index contributed by atoms with van der Waals surface area (Å²) in [6, 6.07) is 2.35. The van der Waals surface area contributed by atoms with E-state index < -0.39 is 52.0 Å². The highest BCUT2D eigenvalue weighted by molar-refractivity contribution is 7.98. The Morgan fingerprint density at radius 1 is 1.25 bits per heavy atom. The van der Waals surface area contributed by atoms with Crippen molar-refractivity contribution in [3.05, 3.63) is 35.1 Å². The largest absolute Gasteiger partial charge is 0.480 e. The van der Waals surface area contributed by atoms with Gasteiger partial charge in [0.25, 0.3) is 11.7 Å². The molecule has 11 heteroatoms. The van der Waals surface area contributed by atoms with Gasteiger partial charge < -0.3 is 25.4 Å². The number of carbonyl (C=O) groups is 3. The van der Waals surface area contributed by atoms with E-state index in [1.54, 1.807) is 41.5 Å². The summed E-state index contributed by atoms with van der Waals surface area (Å²) in [6.07, 6.45) is -1.16. The topological polar surface area (TPSA) is 136 Å². The first-order valence-corrected chi connectivity index (χ1v) is 10.7. The first kappa shape index (κ1) is 25.9. The van der Waals surface area contributed by atoms with E-state index in [0.717, 1.165) is 18.0 Å². The average molecular weight is 473 g/mol. The van der Waals surface area contributed by atoms with Crippen LogP contribution in [0.5, 0.6) is 0 Å². The number of nitrogens with one attached hydrogen (secondary N) is 1. The number of aliphatic hydroxyl groups is 2. The second-order valence-electron chi connectivity index (χ2n) is 9.58. The molecule has 1 aromatic carbocycles. The van der Waals surface area contributed by atoms with Crippen LogP contribution in [0.2, 0.25) is 0 Å². The minimum atomic E-state index is -2.80. The van der Waals surface area contributed by atoms with Gasteiger partial charge >= 0.3 is 12.1 Å². The summed E-state index contributed by atoms with van der Waals surface area (Å²) in [5.74, 6) is -5.92. The van der Waals surface area contributed by atoms with Crippen LogP contribution in [0, 0.1) is 5.82 Å². The maximum atomic E-state index is 14.9. The molecule has 32 heavy (non-hydrogen) atoms. The highest BCUT2D eigenvalue weighted by atomic mass is 32.2. The summed E-state index contributed by atoms with van der Waals surface area (Å²) in [5, 5.41) is 31.0. The second-order valence-corrected chi connectivity index (χ2v) is 10.6. The minimum absolute atomic E-state index is 0.115. The third-order valence-electron chi connectivity index (χ3n) is 4.46. The highest BCUT2D eigenvalue weighted by Gasteiger charge is 2.57. The number of amides is 2. The lowest BCUT2D eigenvalue weighted by molar-refractivity contribution is -0.188. The summed E-state index contributed by atoms with van der Waals surface area (Å²) in [6.45, 7) is 10.0. The first-order valence-electron chi connectivity index (χ1n) is 9.90. The monoisotopic (exact) mass is 472 g/mol. The predicted octanol–water partition coefficient (Wildman–Crippen LogP) is 2.36. The van der Waals surface area contributed by atoms with Crippen LogP contribution in [0.3, 0.4) is 0 Å². The standard InChI is InChI=1S/C21H29FN2O7S/c1-19(2,3)24-17(27)21(29,30)15(32-24)12-8-7-11(9-13(12)22)10-14(16(25)26)23-18(28)31-20(4,5)6/h7-9,14-15,29-30H,10H2,1-6H3,(H,23,28)(H,25,26)/t14-,15?/m0/s1. The number of hydrogen-bond donors (Lipinski definition) is 4. The van der Waals surface area contributed by atoms with Gasteiger partial charge in [-0.15, -0.1) is 0 Å². The molecule has 1 aliphatic heterocycles. The van der Waals surface area contributed by atoms with Gasteiger partial charge in [-0.25, -0.2) is 14.0 Å². The number of carbonyl (C=O) groups excluding carboxylic acids is 2. The SMILES string of the molecule is CC(C)(C)OC(=O)N[C@@H](Cc1ccc(C2SN(C(C)(C)C)C(=O)C2(O)O)c(F)c1)C(=O)O. The Labute approximate surface area is 190 Å². The molecule has 9 nitrogen and oxygen atoms in total. The molecule has 1 saturated heterocycles. The number of benzene rings is 1. The fraction of sp³-hybridized carbons (Fsp3) is 0.571. The van der Waals surface area contributed by atoms with Crippen LogP contribution in [0.25, 0.3) is 0 Å². The lowest BCUT2D eigenvalue weighted by atomic mass is 9.98. The Balaban J connectivity index is 2.23. The molecule has 178 valence electrons. The number of rotatable bonds is 5.